The van der Waals surface area contributed by atoms with Crippen LogP contribution in [0.3, 0.4) is 0 Å². The molecule has 0 aromatic heterocycles. The number of nitrogens with zero attached hydrogens (tertiary/aromatic N) is 1. The van der Waals surface area contributed by atoms with E-state index >= 15 is 0 Å². The van der Waals surface area contributed by atoms with Gasteiger partial charge in [-0.25, -0.2) is 4.39 Å². The summed E-state index contributed by atoms with van der Waals surface area (Å²) in [7, 11) is 0. The van der Waals surface area contributed by atoms with E-state index in [4.69, 9.17) is 0 Å². The molecule has 1 aliphatic heterocycles. The summed E-state index contributed by atoms with van der Waals surface area (Å²) >= 11 is 0. The smallest absolute Gasteiger partial charge is 0.389 e. The van der Waals surface area contributed by atoms with E-state index in [0.717, 1.165) is 0 Å². The Kier molecular flexibility index (Phi) is 5.68. The summed E-state index contributed by atoms with van der Waals surface area (Å²) in [5.41, 5.74) is 0. The Morgan fingerprint density at radius 3 is 2.05 bits per heavy atom. The molecule has 22 heavy (non-hydrogen) atoms. The van der Waals surface area contributed by atoms with Gasteiger partial charge in [0.05, 0.1) is 18.1 Å². The van der Waals surface area contributed by atoms with Gasteiger partial charge in [0.2, 0.25) is 0 Å². The van der Waals surface area contributed by atoms with E-state index < -0.39 is 43.1 Å². The van der Waals surface area contributed by atoms with Crippen LogP contribution in [0, 0.1) is 11.8 Å². The lowest BCUT2D eigenvalue weighted by Crippen LogP contribution is -2.62. The van der Waals surface area contributed by atoms with Crippen LogP contribution in [-0.2, 0) is 0 Å². The summed E-state index contributed by atoms with van der Waals surface area (Å²) < 4.78 is 51.0. The average Bonchev–Trinajstić information content (AvgIpc) is 2.45. The molecule has 0 unspecified atom stereocenters. The van der Waals surface area contributed by atoms with E-state index in [1.807, 2.05) is 0 Å². The first-order valence-corrected chi connectivity index (χ1v) is 7.65. The van der Waals surface area contributed by atoms with Gasteiger partial charge in [-0.05, 0) is 31.6 Å². The predicted octanol–water partition coefficient (Wildman–Crippen LogP) is 1.09. The van der Waals surface area contributed by atoms with E-state index in [0.29, 0.717) is 19.4 Å². The van der Waals surface area contributed by atoms with Crippen molar-refractivity contribution in [3.8, 4) is 0 Å². The Labute approximate surface area is 126 Å². The zero-order valence-electron chi connectivity index (χ0n) is 12.2. The Balaban J connectivity index is 1.90. The van der Waals surface area contributed by atoms with Crippen molar-refractivity contribution in [2.45, 2.75) is 56.2 Å². The molecule has 2 aliphatic rings. The molecule has 1 saturated heterocycles. The molecule has 0 spiro atoms. The van der Waals surface area contributed by atoms with Crippen LogP contribution >= 0.6 is 0 Å². The lowest BCUT2D eigenvalue weighted by atomic mass is 9.80. The third kappa shape index (κ3) is 3.90. The van der Waals surface area contributed by atoms with Crippen molar-refractivity contribution in [2.24, 2.45) is 11.8 Å². The SMILES string of the molecule is O[C@H]1[C@H](O)[C@@H](O)CN(C[C@H]2CC[C@H](C(F)(F)F)CC2)[C@@H]1CF. The van der Waals surface area contributed by atoms with E-state index in [9.17, 15) is 32.9 Å². The summed E-state index contributed by atoms with van der Waals surface area (Å²) in [5, 5.41) is 29.1. The summed E-state index contributed by atoms with van der Waals surface area (Å²) in [5.74, 6) is -1.28. The van der Waals surface area contributed by atoms with Gasteiger partial charge in [-0.3, -0.25) is 4.90 Å². The predicted molar refractivity (Wildman–Crippen MR) is 70.9 cm³/mol. The highest BCUT2D eigenvalue weighted by Gasteiger charge is 2.44. The number of β-amino-alcohol motifs (C(OH)–C–C–N with tert-alkyl or cyclic N) is 1. The van der Waals surface area contributed by atoms with Gasteiger partial charge in [0.25, 0.3) is 0 Å². The fourth-order valence-electron chi connectivity index (χ4n) is 3.56. The molecule has 2 fully saturated rings. The number of hydrogen-bond acceptors (Lipinski definition) is 4. The zero-order chi connectivity index (χ0) is 16.5. The second-order valence-electron chi connectivity index (χ2n) is 6.48. The summed E-state index contributed by atoms with van der Waals surface area (Å²) in [4.78, 5) is 1.56. The van der Waals surface area contributed by atoms with Crippen LogP contribution in [0.1, 0.15) is 25.7 Å². The Morgan fingerprint density at radius 2 is 1.55 bits per heavy atom. The van der Waals surface area contributed by atoms with Crippen LogP contribution in [0.25, 0.3) is 0 Å². The number of rotatable bonds is 3. The van der Waals surface area contributed by atoms with Gasteiger partial charge in [0, 0.05) is 13.1 Å². The Hall–Kier alpha value is -0.440. The van der Waals surface area contributed by atoms with E-state index in [1.54, 1.807) is 4.90 Å². The number of halogens is 4. The fraction of sp³-hybridized carbons (Fsp3) is 1.00. The maximum absolute atomic E-state index is 13.1. The molecular formula is C14H23F4NO3. The zero-order valence-corrected chi connectivity index (χ0v) is 12.2. The van der Waals surface area contributed by atoms with Gasteiger partial charge in [-0.1, -0.05) is 0 Å². The number of likely N-dealkylation sites (tertiary alicyclic amines) is 1. The number of aliphatic hydroxyl groups excluding tert-OH is 3. The largest absolute Gasteiger partial charge is 0.391 e. The summed E-state index contributed by atoms with van der Waals surface area (Å²) in [6.45, 7) is -0.519. The highest BCUT2D eigenvalue weighted by Crippen LogP contribution is 2.40. The maximum Gasteiger partial charge on any atom is 0.391 e. The van der Waals surface area contributed by atoms with Crippen LogP contribution in [0.4, 0.5) is 17.6 Å². The number of alkyl halides is 4. The van der Waals surface area contributed by atoms with Crippen LogP contribution in [-0.4, -0.2) is 70.5 Å². The minimum Gasteiger partial charge on any atom is -0.389 e. The molecule has 0 radical (unpaired) electrons. The Bertz CT molecular complexity index is 360. The van der Waals surface area contributed by atoms with Crippen molar-refractivity contribution >= 4 is 0 Å². The first-order chi connectivity index (χ1) is 10.2. The van der Waals surface area contributed by atoms with Gasteiger partial charge in [0.1, 0.15) is 18.9 Å². The summed E-state index contributed by atoms with van der Waals surface area (Å²) in [6, 6.07) is -0.918. The van der Waals surface area contributed by atoms with Crippen molar-refractivity contribution in [1.82, 2.24) is 4.90 Å². The molecule has 2 rings (SSSR count). The van der Waals surface area contributed by atoms with Gasteiger partial charge in [0.15, 0.2) is 0 Å². The lowest BCUT2D eigenvalue weighted by Gasteiger charge is -2.44. The topological polar surface area (TPSA) is 63.9 Å². The number of piperidine rings is 1. The molecule has 1 heterocycles. The molecular weight excluding hydrogens is 306 g/mol. The molecule has 4 atom stereocenters. The van der Waals surface area contributed by atoms with Crippen molar-refractivity contribution in [3.05, 3.63) is 0 Å². The van der Waals surface area contributed by atoms with Crippen LogP contribution in [0.15, 0.2) is 0 Å². The molecule has 0 amide bonds. The molecule has 0 aromatic carbocycles. The van der Waals surface area contributed by atoms with Crippen molar-refractivity contribution < 1.29 is 32.9 Å². The third-order valence-electron chi connectivity index (χ3n) is 4.99. The molecule has 4 nitrogen and oxygen atoms in total. The molecule has 0 bridgehead atoms. The minimum absolute atomic E-state index is 0.0118. The second kappa shape index (κ2) is 6.98. The quantitative estimate of drug-likeness (QED) is 0.679. The van der Waals surface area contributed by atoms with E-state index in [-0.39, 0.29) is 25.3 Å². The first kappa shape index (κ1) is 17.9. The second-order valence-corrected chi connectivity index (χ2v) is 6.48. The normalized spacial score (nSPS) is 41.6. The van der Waals surface area contributed by atoms with Crippen LogP contribution in [0.5, 0.6) is 0 Å². The van der Waals surface area contributed by atoms with Gasteiger partial charge >= 0.3 is 6.18 Å². The highest BCUT2D eigenvalue weighted by molar-refractivity contribution is 4.95. The molecule has 0 aromatic rings. The molecule has 1 saturated carbocycles. The van der Waals surface area contributed by atoms with Crippen molar-refractivity contribution in [1.29, 1.82) is 0 Å². The van der Waals surface area contributed by atoms with Crippen molar-refractivity contribution in [3.63, 3.8) is 0 Å². The number of hydrogen-bond donors (Lipinski definition) is 3. The maximum atomic E-state index is 13.1. The average molecular weight is 329 g/mol. The van der Waals surface area contributed by atoms with Gasteiger partial charge in [-0.2, -0.15) is 13.2 Å². The van der Waals surface area contributed by atoms with E-state index in [1.165, 1.54) is 0 Å². The standard InChI is InChI=1S/C14H23F4NO3/c15-5-10-12(21)13(22)11(20)7-19(10)6-8-1-3-9(4-2-8)14(16,17)18/h8-13,20-22H,1-7H2/t8-,9-,10-,11+,12-,13-/m1/s1. The van der Waals surface area contributed by atoms with Crippen LogP contribution in [0.2, 0.25) is 0 Å². The molecule has 1 aliphatic carbocycles. The third-order valence-corrected chi connectivity index (χ3v) is 4.99. The molecule has 8 heteroatoms. The van der Waals surface area contributed by atoms with Gasteiger partial charge < -0.3 is 15.3 Å². The first-order valence-electron chi connectivity index (χ1n) is 7.65. The lowest BCUT2D eigenvalue weighted by molar-refractivity contribution is -0.185. The summed E-state index contributed by atoms with van der Waals surface area (Å²) in [6.07, 6.45) is -7.19. The van der Waals surface area contributed by atoms with E-state index in [2.05, 4.69) is 0 Å². The highest BCUT2D eigenvalue weighted by atomic mass is 19.4. The van der Waals surface area contributed by atoms with Crippen LogP contribution < -0.4 is 0 Å². The monoisotopic (exact) mass is 329 g/mol. The van der Waals surface area contributed by atoms with Gasteiger partial charge in [-0.15, -0.1) is 0 Å². The number of aliphatic hydroxyl groups is 3. The fourth-order valence-corrected chi connectivity index (χ4v) is 3.56. The molecule has 3 N–H and O–H groups in total. The van der Waals surface area contributed by atoms with Crippen molar-refractivity contribution in [2.75, 3.05) is 19.8 Å². The molecule has 130 valence electrons. The Morgan fingerprint density at radius 1 is 0.955 bits per heavy atom. The minimum atomic E-state index is -4.16.